The Hall–Kier alpha value is -4.61. The molecule has 0 unspecified atom stereocenters. The van der Waals surface area contributed by atoms with Crippen molar-refractivity contribution in [2.24, 2.45) is 0 Å². The Kier molecular flexibility index (Phi) is 5.86. The summed E-state index contributed by atoms with van der Waals surface area (Å²) in [5.74, 6) is -0.845. The number of H-pyrrole nitrogens is 1. The molecule has 1 amide bonds. The molecule has 38 heavy (non-hydrogen) atoms. The summed E-state index contributed by atoms with van der Waals surface area (Å²) in [5, 5.41) is 24.2. The minimum Gasteiger partial charge on any atom is -0.346 e. The Morgan fingerprint density at radius 1 is 1.18 bits per heavy atom. The van der Waals surface area contributed by atoms with Gasteiger partial charge in [0.05, 0.1) is 36.0 Å². The summed E-state index contributed by atoms with van der Waals surface area (Å²) < 4.78 is 15.7. The second kappa shape index (κ2) is 9.36. The molecule has 1 N–H and O–H groups in total. The van der Waals surface area contributed by atoms with Gasteiger partial charge in [0.1, 0.15) is 23.3 Å². The summed E-state index contributed by atoms with van der Waals surface area (Å²) in [6.07, 6.45) is 9.00. The van der Waals surface area contributed by atoms with Crippen LogP contribution in [0.4, 0.5) is 4.39 Å². The average Bonchev–Trinajstić information content (AvgIpc) is 3.60. The van der Waals surface area contributed by atoms with Crippen molar-refractivity contribution in [2.45, 2.75) is 30.8 Å². The van der Waals surface area contributed by atoms with Gasteiger partial charge in [-0.05, 0) is 37.1 Å². The quantitative estimate of drug-likeness (QED) is 0.437. The number of carbonyl (C=O) groups excluding carboxylic acids is 1. The van der Waals surface area contributed by atoms with Gasteiger partial charge >= 0.3 is 0 Å². The molecule has 0 radical (unpaired) electrons. The van der Waals surface area contributed by atoms with E-state index in [1.165, 1.54) is 18.5 Å². The normalized spacial score (nSPS) is 17.6. The Labute approximate surface area is 217 Å². The van der Waals surface area contributed by atoms with Crippen LogP contribution < -0.4 is 0 Å². The molecule has 2 fully saturated rings. The second-order valence-corrected chi connectivity index (χ2v) is 9.96. The summed E-state index contributed by atoms with van der Waals surface area (Å²) >= 11 is 0. The Balaban J connectivity index is 1.12. The number of nitrogens with zero attached hydrogens (tertiary/aromatic N) is 8. The molecule has 2 aliphatic heterocycles. The number of aromatic nitrogens is 5. The van der Waals surface area contributed by atoms with Gasteiger partial charge in [0.2, 0.25) is 0 Å². The lowest BCUT2D eigenvalue weighted by atomic mass is 9.83. The zero-order valence-electron chi connectivity index (χ0n) is 20.5. The summed E-state index contributed by atoms with van der Waals surface area (Å²) in [6.45, 7) is 2.49. The SMILES string of the molecule is N#CCC1(n2cc(-c3ncnc4[nH]ccc34)cn2)CN(C2CCN(C(=O)c3cc(F)cc(C#N)c3)CC2)C1. The van der Waals surface area contributed by atoms with Crippen LogP contribution in [0.5, 0.6) is 0 Å². The van der Waals surface area contributed by atoms with Crippen LogP contribution >= 0.6 is 0 Å². The molecule has 4 aromatic rings. The van der Waals surface area contributed by atoms with Crippen molar-refractivity contribution in [3.05, 3.63) is 66.1 Å². The monoisotopic (exact) mass is 509 g/mol. The molecular formula is C27H24FN9O. The molecule has 0 spiro atoms. The number of likely N-dealkylation sites (tertiary alicyclic amines) is 2. The molecule has 1 aromatic carbocycles. The van der Waals surface area contributed by atoms with Crippen molar-refractivity contribution in [3.8, 4) is 23.4 Å². The molecule has 6 rings (SSSR count). The van der Waals surface area contributed by atoms with Gasteiger partial charge in [0, 0.05) is 61.1 Å². The van der Waals surface area contributed by atoms with Crippen molar-refractivity contribution in [1.29, 1.82) is 10.5 Å². The first-order valence-corrected chi connectivity index (χ1v) is 12.4. The number of rotatable bonds is 5. The second-order valence-electron chi connectivity index (χ2n) is 9.96. The van der Waals surface area contributed by atoms with Gasteiger partial charge in [0.15, 0.2) is 0 Å². The van der Waals surface area contributed by atoms with E-state index in [2.05, 4.69) is 31.0 Å². The predicted molar refractivity (Wildman–Crippen MR) is 135 cm³/mol. The number of hydrogen-bond acceptors (Lipinski definition) is 7. The van der Waals surface area contributed by atoms with Crippen LogP contribution in [-0.2, 0) is 5.54 Å². The van der Waals surface area contributed by atoms with Crippen LogP contribution in [0.25, 0.3) is 22.3 Å². The van der Waals surface area contributed by atoms with Crippen molar-refractivity contribution in [3.63, 3.8) is 0 Å². The number of nitriles is 2. The van der Waals surface area contributed by atoms with E-state index < -0.39 is 11.4 Å². The Morgan fingerprint density at radius 2 is 2.00 bits per heavy atom. The largest absolute Gasteiger partial charge is 0.346 e. The van der Waals surface area contributed by atoms with Crippen molar-refractivity contribution < 1.29 is 9.18 Å². The number of amides is 1. The Morgan fingerprint density at radius 3 is 2.76 bits per heavy atom. The van der Waals surface area contributed by atoms with E-state index in [1.54, 1.807) is 11.1 Å². The van der Waals surface area contributed by atoms with Crippen molar-refractivity contribution in [1.82, 2.24) is 34.5 Å². The van der Waals surface area contributed by atoms with Crippen LogP contribution in [0.2, 0.25) is 0 Å². The number of nitrogens with one attached hydrogen (secondary N) is 1. The van der Waals surface area contributed by atoms with E-state index in [9.17, 15) is 14.4 Å². The van der Waals surface area contributed by atoms with Gasteiger partial charge in [-0.1, -0.05) is 0 Å². The molecule has 2 aliphatic rings. The Bertz CT molecular complexity index is 1600. The predicted octanol–water partition coefficient (Wildman–Crippen LogP) is 3.06. The molecule has 0 saturated carbocycles. The van der Waals surface area contributed by atoms with Crippen LogP contribution in [0.3, 0.4) is 0 Å². The van der Waals surface area contributed by atoms with Gasteiger partial charge < -0.3 is 9.88 Å². The minimum absolute atomic E-state index is 0.136. The first-order chi connectivity index (χ1) is 18.5. The standard InChI is InChI=1S/C27H24FN9O/c28-21-10-18(12-30)9-19(11-21)26(38)35-7-2-22(3-8-35)36-15-27(16-36,4-5-29)37-14-20(13-34-37)24-23-1-6-31-25(23)33-17-32-24/h1,6,9-11,13-14,17,22H,2-4,7-8,15-16H2,(H,31,32,33). The maximum Gasteiger partial charge on any atom is 0.254 e. The molecule has 11 heteroatoms. The summed E-state index contributed by atoms with van der Waals surface area (Å²) in [6, 6.07) is 10.2. The minimum atomic E-state index is -0.587. The zero-order chi connectivity index (χ0) is 26.3. The van der Waals surface area contributed by atoms with E-state index >= 15 is 0 Å². The number of carbonyl (C=O) groups is 1. The number of halogens is 1. The fourth-order valence-corrected chi connectivity index (χ4v) is 5.65. The summed E-state index contributed by atoms with van der Waals surface area (Å²) in [7, 11) is 0. The van der Waals surface area contributed by atoms with Gasteiger partial charge in [-0.3, -0.25) is 14.4 Å². The third kappa shape index (κ3) is 4.07. The van der Waals surface area contributed by atoms with E-state index in [4.69, 9.17) is 5.26 Å². The number of aromatic amines is 1. The summed E-state index contributed by atoms with van der Waals surface area (Å²) in [4.78, 5) is 28.8. The highest BCUT2D eigenvalue weighted by molar-refractivity contribution is 5.94. The highest BCUT2D eigenvalue weighted by Crippen LogP contribution is 2.37. The lowest BCUT2D eigenvalue weighted by Crippen LogP contribution is -2.66. The molecule has 0 atom stereocenters. The molecule has 10 nitrogen and oxygen atoms in total. The fraction of sp³-hybridized carbons (Fsp3) is 0.333. The molecule has 3 aromatic heterocycles. The number of fused-ring (bicyclic) bond motifs is 1. The number of hydrogen-bond donors (Lipinski definition) is 1. The van der Waals surface area contributed by atoms with Gasteiger partial charge in [-0.25, -0.2) is 14.4 Å². The lowest BCUT2D eigenvalue weighted by molar-refractivity contribution is -0.0412. The van der Waals surface area contributed by atoms with E-state index in [0.29, 0.717) is 32.6 Å². The van der Waals surface area contributed by atoms with Gasteiger partial charge in [-0.2, -0.15) is 15.6 Å². The van der Waals surface area contributed by atoms with Crippen LogP contribution in [0.15, 0.2) is 49.2 Å². The summed E-state index contributed by atoms with van der Waals surface area (Å²) in [5.41, 5.74) is 2.35. The smallest absolute Gasteiger partial charge is 0.254 e. The lowest BCUT2D eigenvalue weighted by Gasteiger charge is -2.53. The molecular weight excluding hydrogens is 485 g/mol. The highest BCUT2D eigenvalue weighted by Gasteiger charge is 2.48. The zero-order valence-corrected chi connectivity index (χ0v) is 20.5. The number of benzene rings is 1. The third-order valence-electron chi connectivity index (χ3n) is 7.64. The maximum absolute atomic E-state index is 13.8. The van der Waals surface area contributed by atoms with Crippen LogP contribution in [-0.4, -0.2) is 72.7 Å². The maximum atomic E-state index is 13.8. The molecule has 0 aliphatic carbocycles. The topological polar surface area (TPSA) is 131 Å². The van der Waals surface area contributed by atoms with E-state index in [-0.39, 0.29) is 23.1 Å². The van der Waals surface area contributed by atoms with E-state index in [1.807, 2.05) is 29.2 Å². The fourth-order valence-electron chi connectivity index (χ4n) is 5.65. The van der Waals surface area contributed by atoms with Crippen LogP contribution in [0, 0.1) is 28.5 Å². The van der Waals surface area contributed by atoms with E-state index in [0.717, 1.165) is 41.2 Å². The van der Waals surface area contributed by atoms with Crippen molar-refractivity contribution in [2.75, 3.05) is 26.2 Å². The molecule has 190 valence electrons. The molecule has 0 bridgehead atoms. The molecule has 5 heterocycles. The number of piperidine rings is 1. The molecule has 2 saturated heterocycles. The first kappa shape index (κ1) is 23.8. The highest BCUT2D eigenvalue weighted by atomic mass is 19.1. The van der Waals surface area contributed by atoms with Gasteiger partial charge in [-0.15, -0.1) is 0 Å². The third-order valence-corrected chi connectivity index (χ3v) is 7.64. The van der Waals surface area contributed by atoms with Gasteiger partial charge in [0.25, 0.3) is 5.91 Å². The van der Waals surface area contributed by atoms with Crippen molar-refractivity contribution >= 4 is 16.9 Å². The first-order valence-electron chi connectivity index (χ1n) is 12.4. The van der Waals surface area contributed by atoms with Crippen LogP contribution in [0.1, 0.15) is 35.2 Å². The average molecular weight is 510 g/mol.